The number of nitrogens with zero attached hydrogens (tertiary/aromatic N) is 4. The van der Waals surface area contributed by atoms with E-state index in [0.717, 1.165) is 45.0 Å². The molecule has 1 atom stereocenters. The fraction of sp³-hybridized carbons (Fsp3) is 0.571. The van der Waals surface area contributed by atoms with Crippen LogP contribution < -0.4 is 10.6 Å². The normalized spacial score (nSPS) is 13.0. The molecule has 0 bridgehead atoms. The lowest BCUT2D eigenvalue weighted by Gasteiger charge is -2.29. The lowest BCUT2D eigenvalue weighted by atomic mass is 10.1. The van der Waals surface area contributed by atoms with Crippen LogP contribution in [-0.2, 0) is 6.42 Å². The summed E-state index contributed by atoms with van der Waals surface area (Å²) in [6.07, 6.45) is 1.67. The third-order valence-corrected chi connectivity index (χ3v) is 4.63. The van der Waals surface area contributed by atoms with E-state index in [-0.39, 0.29) is 6.04 Å². The van der Waals surface area contributed by atoms with E-state index in [1.165, 1.54) is 5.56 Å². The maximum atomic E-state index is 5.16. The number of benzene rings is 1. The number of nitrogens with one attached hydrogen (secondary N) is 2. The van der Waals surface area contributed by atoms with Gasteiger partial charge < -0.3 is 15.2 Å². The highest BCUT2D eigenvalue weighted by Crippen LogP contribution is 2.20. The van der Waals surface area contributed by atoms with Crippen molar-refractivity contribution in [1.29, 1.82) is 0 Å². The van der Waals surface area contributed by atoms with Crippen LogP contribution >= 0.6 is 0 Å². The highest BCUT2D eigenvalue weighted by molar-refractivity contribution is 5.79. The Hall–Kier alpha value is -2.41. The van der Waals surface area contributed by atoms with Crippen molar-refractivity contribution in [3.05, 3.63) is 47.6 Å². The molecule has 0 spiro atoms. The van der Waals surface area contributed by atoms with Crippen molar-refractivity contribution in [3.8, 4) is 0 Å². The summed E-state index contributed by atoms with van der Waals surface area (Å²) >= 11 is 0. The van der Waals surface area contributed by atoms with Crippen LogP contribution in [0.2, 0.25) is 0 Å². The molecule has 0 amide bonds. The van der Waals surface area contributed by atoms with Gasteiger partial charge in [-0.3, -0.25) is 9.89 Å². The first-order chi connectivity index (χ1) is 13.7. The molecular formula is C21H34N6O. The average molecular weight is 387 g/mol. The fourth-order valence-corrected chi connectivity index (χ4v) is 3.18. The smallest absolute Gasteiger partial charge is 0.226 e. The second-order valence-electron chi connectivity index (χ2n) is 6.63. The van der Waals surface area contributed by atoms with E-state index >= 15 is 0 Å². The Balaban J connectivity index is 1.95. The monoisotopic (exact) mass is 386 g/mol. The zero-order chi connectivity index (χ0) is 20.2. The third kappa shape index (κ3) is 6.96. The molecule has 0 fully saturated rings. The van der Waals surface area contributed by atoms with Gasteiger partial charge in [-0.25, -0.2) is 0 Å². The summed E-state index contributed by atoms with van der Waals surface area (Å²) in [4.78, 5) is 11.5. The Morgan fingerprint density at radius 3 is 2.50 bits per heavy atom. The van der Waals surface area contributed by atoms with Crippen molar-refractivity contribution < 1.29 is 4.52 Å². The fourth-order valence-electron chi connectivity index (χ4n) is 3.18. The Morgan fingerprint density at radius 2 is 1.89 bits per heavy atom. The lowest BCUT2D eigenvalue weighted by molar-refractivity contribution is 0.224. The second-order valence-corrected chi connectivity index (χ2v) is 6.63. The minimum Gasteiger partial charge on any atom is -0.357 e. The molecule has 2 aromatic rings. The van der Waals surface area contributed by atoms with Gasteiger partial charge in [0.1, 0.15) is 0 Å². The van der Waals surface area contributed by atoms with E-state index in [0.29, 0.717) is 18.3 Å². The van der Waals surface area contributed by atoms with Gasteiger partial charge in [0.15, 0.2) is 11.8 Å². The summed E-state index contributed by atoms with van der Waals surface area (Å²) in [6, 6.07) is 10.9. The molecule has 1 aromatic heterocycles. The minimum atomic E-state index is 0.271. The van der Waals surface area contributed by atoms with Gasteiger partial charge in [0.2, 0.25) is 5.89 Å². The summed E-state index contributed by atoms with van der Waals surface area (Å²) in [5, 5.41) is 10.6. The van der Waals surface area contributed by atoms with E-state index in [1.54, 1.807) is 0 Å². The van der Waals surface area contributed by atoms with E-state index in [1.807, 2.05) is 6.92 Å². The topological polar surface area (TPSA) is 78.6 Å². The van der Waals surface area contributed by atoms with Gasteiger partial charge in [-0.05, 0) is 38.9 Å². The van der Waals surface area contributed by atoms with Crippen LogP contribution in [0.15, 0.2) is 39.8 Å². The molecule has 1 unspecified atom stereocenters. The maximum Gasteiger partial charge on any atom is 0.226 e. The number of guanidine groups is 1. The highest BCUT2D eigenvalue weighted by atomic mass is 16.5. The molecule has 0 saturated carbocycles. The molecule has 0 aliphatic carbocycles. The SMILES string of the molecule is CCNC(=NCC(c1ccccc1)N(CC)CC)NCCCc1nc(C)no1. The number of hydrogen-bond acceptors (Lipinski definition) is 5. The molecule has 2 rings (SSSR count). The Morgan fingerprint density at radius 1 is 1.14 bits per heavy atom. The first-order valence-electron chi connectivity index (χ1n) is 10.3. The largest absolute Gasteiger partial charge is 0.357 e. The van der Waals surface area contributed by atoms with Gasteiger partial charge in [-0.2, -0.15) is 4.98 Å². The molecule has 0 radical (unpaired) electrons. The quantitative estimate of drug-likeness (QED) is 0.351. The van der Waals surface area contributed by atoms with Crippen LogP contribution in [0.25, 0.3) is 0 Å². The van der Waals surface area contributed by atoms with Crippen molar-refractivity contribution in [2.24, 2.45) is 4.99 Å². The van der Waals surface area contributed by atoms with Gasteiger partial charge in [0.25, 0.3) is 0 Å². The van der Waals surface area contributed by atoms with Crippen LogP contribution in [0, 0.1) is 6.92 Å². The van der Waals surface area contributed by atoms with E-state index < -0.39 is 0 Å². The van der Waals surface area contributed by atoms with Crippen molar-refractivity contribution in [2.75, 3.05) is 32.7 Å². The molecular weight excluding hydrogens is 352 g/mol. The van der Waals surface area contributed by atoms with Crippen LogP contribution in [0.3, 0.4) is 0 Å². The van der Waals surface area contributed by atoms with Crippen molar-refractivity contribution in [1.82, 2.24) is 25.7 Å². The first-order valence-corrected chi connectivity index (χ1v) is 10.3. The molecule has 1 aromatic carbocycles. The average Bonchev–Trinajstić information content (AvgIpc) is 3.14. The van der Waals surface area contributed by atoms with Crippen LogP contribution in [0.4, 0.5) is 0 Å². The summed E-state index contributed by atoms with van der Waals surface area (Å²) < 4.78 is 5.16. The minimum absolute atomic E-state index is 0.271. The van der Waals surface area contributed by atoms with Gasteiger partial charge in [-0.1, -0.05) is 49.3 Å². The van der Waals surface area contributed by atoms with Crippen LogP contribution in [0.5, 0.6) is 0 Å². The number of likely N-dealkylation sites (N-methyl/N-ethyl adjacent to an activating group) is 1. The van der Waals surface area contributed by atoms with Gasteiger partial charge in [-0.15, -0.1) is 0 Å². The van der Waals surface area contributed by atoms with Gasteiger partial charge >= 0.3 is 0 Å². The van der Waals surface area contributed by atoms with Crippen molar-refractivity contribution >= 4 is 5.96 Å². The number of aryl methyl sites for hydroxylation is 2. The molecule has 0 aliphatic rings. The summed E-state index contributed by atoms with van der Waals surface area (Å²) in [5.41, 5.74) is 1.30. The Labute approximate surface area is 168 Å². The summed E-state index contributed by atoms with van der Waals surface area (Å²) in [7, 11) is 0. The van der Waals surface area contributed by atoms with Crippen LogP contribution in [0.1, 0.15) is 50.5 Å². The van der Waals surface area contributed by atoms with Gasteiger partial charge in [0, 0.05) is 19.5 Å². The standard InChI is InChI=1S/C21H34N6O/c1-5-22-21(23-15-11-14-20-25-17(4)26-28-20)24-16-19(27(6-2)7-3)18-12-9-8-10-13-18/h8-10,12-13,19H,5-7,11,14-16H2,1-4H3,(H2,22,23,24). The zero-order valence-corrected chi connectivity index (χ0v) is 17.6. The predicted molar refractivity (Wildman–Crippen MR) is 113 cm³/mol. The van der Waals surface area contributed by atoms with E-state index in [2.05, 4.69) is 76.8 Å². The number of hydrogen-bond donors (Lipinski definition) is 2. The Kier molecular flexibility index (Phi) is 9.48. The molecule has 0 aliphatic heterocycles. The Bertz CT molecular complexity index is 696. The molecule has 154 valence electrons. The van der Waals surface area contributed by atoms with Gasteiger partial charge in [0.05, 0.1) is 12.6 Å². The van der Waals surface area contributed by atoms with Crippen molar-refractivity contribution in [2.45, 2.75) is 46.6 Å². The van der Waals surface area contributed by atoms with Crippen molar-refractivity contribution in [3.63, 3.8) is 0 Å². The predicted octanol–water partition coefficient (Wildman–Crippen LogP) is 2.95. The molecule has 1 heterocycles. The van der Waals surface area contributed by atoms with Crippen LogP contribution in [-0.4, -0.2) is 53.7 Å². The van der Waals surface area contributed by atoms with E-state index in [9.17, 15) is 0 Å². The molecule has 7 heteroatoms. The molecule has 7 nitrogen and oxygen atoms in total. The number of aromatic nitrogens is 2. The summed E-state index contributed by atoms with van der Waals surface area (Å²) in [6.45, 7) is 12.7. The third-order valence-electron chi connectivity index (χ3n) is 4.63. The molecule has 0 saturated heterocycles. The molecule has 28 heavy (non-hydrogen) atoms. The molecule has 2 N–H and O–H groups in total. The maximum absolute atomic E-state index is 5.16. The van der Waals surface area contributed by atoms with E-state index in [4.69, 9.17) is 9.52 Å². The number of aliphatic imine (C=N–C) groups is 1. The number of rotatable bonds is 11. The second kappa shape index (κ2) is 12.1. The first kappa shape index (κ1) is 21.9. The lowest BCUT2D eigenvalue weighted by Crippen LogP contribution is -2.39. The zero-order valence-electron chi connectivity index (χ0n) is 17.6. The highest BCUT2D eigenvalue weighted by Gasteiger charge is 2.17. The summed E-state index contributed by atoms with van der Waals surface area (Å²) in [5.74, 6) is 2.21.